The molecule has 0 aliphatic heterocycles. The van der Waals surface area contributed by atoms with E-state index in [1.807, 2.05) is 23.1 Å². The van der Waals surface area contributed by atoms with Gasteiger partial charge in [0.15, 0.2) is 0 Å². The fourth-order valence-electron chi connectivity index (χ4n) is 1.34. The van der Waals surface area contributed by atoms with Crippen molar-refractivity contribution in [2.75, 3.05) is 12.9 Å². The van der Waals surface area contributed by atoms with E-state index in [9.17, 15) is 4.79 Å². The van der Waals surface area contributed by atoms with Crippen LogP contribution in [0, 0.1) is 0 Å². The van der Waals surface area contributed by atoms with Crippen molar-refractivity contribution in [3.8, 4) is 0 Å². The van der Waals surface area contributed by atoms with Crippen molar-refractivity contribution in [2.24, 2.45) is 5.73 Å². The second kappa shape index (κ2) is 7.74. The van der Waals surface area contributed by atoms with Gasteiger partial charge in [-0.25, -0.2) is 0 Å². The number of nitrogens with two attached hydrogens (primary N) is 1. The average molecular weight is 273 g/mol. The van der Waals surface area contributed by atoms with Crippen molar-refractivity contribution in [1.29, 1.82) is 0 Å². The average Bonchev–Trinajstić information content (AvgIpc) is 2.81. The molecule has 96 valence electrons. The first-order valence-corrected chi connectivity index (χ1v) is 7.63. The number of hydrogen-bond acceptors (Lipinski definition) is 5. The number of carbonyl (C=O) groups is 1. The third kappa shape index (κ3) is 5.10. The molecule has 0 spiro atoms. The molecule has 3 nitrogen and oxygen atoms in total. The van der Waals surface area contributed by atoms with Crippen molar-refractivity contribution in [3.63, 3.8) is 0 Å². The molecule has 1 unspecified atom stereocenters. The lowest BCUT2D eigenvalue weighted by molar-refractivity contribution is -0.142. The van der Waals surface area contributed by atoms with Gasteiger partial charge in [0.2, 0.25) is 0 Å². The van der Waals surface area contributed by atoms with Crippen LogP contribution < -0.4 is 5.73 Å². The summed E-state index contributed by atoms with van der Waals surface area (Å²) in [5.41, 5.74) is 5.65. The monoisotopic (exact) mass is 273 g/mol. The van der Waals surface area contributed by atoms with E-state index in [0.29, 0.717) is 6.42 Å². The van der Waals surface area contributed by atoms with Gasteiger partial charge in [-0.3, -0.25) is 4.79 Å². The topological polar surface area (TPSA) is 52.3 Å². The second-order valence-electron chi connectivity index (χ2n) is 3.69. The molecule has 0 aliphatic carbocycles. The molecule has 1 aromatic heterocycles. The van der Waals surface area contributed by atoms with Crippen LogP contribution in [0.2, 0.25) is 0 Å². The summed E-state index contributed by atoms with van der Waals surface area (Å²) in [5, 5.41) is 0. The molecule has 0 saturated carbocycles. The summed E-state index contributed by atoms with van der Waals surface area (Å²) < 4.78 is 4.57. The number of rotatable bonds is 7. The van der Waals surface area contributed by atoms with E-state index in [0.717, 1.165) is 17.9 Å². The lowest BCUT2D eigenvalue weighted by Gasteiger charge is -2.07. The maximum atomic E-state index is 11.1. The molecule has 1 aromatic rings. The Morgan fingerprint density at radius 1 is 1.53 bits per heavy atom. The molecule has 5 heteroatoms. The largest absolute Gasteiger partial charge is 0.468 e. The predicted molar refractivity (Wildman–Crippen MR) is 74.5 cm³/mol. The molecule has 1 atom stereocenters. The second-order valence-corrected chi connectivity index (χ2v) is 6.05. The zero-order valence-corrected chi connectivity index (χ0v) is 11.9. The maximum absolute atomic E-state index is 11.1. The minimum Gasteiger partial charge on any atom is -0.468 e. The number of ether oxygens (including phenoxy) is 1. The van der Waals surface area contributed by atoms with Gasteiger partial charge in [0.25, 0.3) is 0 Å². The van der Waals surface area contributed by atoms with Crippen molar-refractivity contribution >= 4 is 29.1 Å². The fraction of sp³-hybridized carbons (Fsp3) is 0.583. The summed E-state index contributed by atoms with van der Waals surface area (Å²) in [7, 11) is 1.37. The zero-order chi connectivity index (χ0) is 12.7. The van der Waals surface area contributed by atoms with E-state index in [4.69, 9.17) is 5.73 Å². The highest BCUT2D eigenvalue weighted by Crippen LogP contribution is 2.22. The van der Waals surface area contributed by atoms with E-state index < -0.39 is 6.04 Å². The van der Waals surface area contributed by atoms with Crippen LogP contribution in [-0.2, 0) is 21.7 Å². The van der Waals surface area contributed by atoms with Crippen molar-refractivity contribution in [2.45, 2.75) is 31.6 Å². The van der Waals surface area contributed by atoms with Gasteiger partial charge < -0.3 is 10.5 Å². The molecule has 0 aliphatic rings. The van der Waals surface area contributed by atoms with Crippen LogP contribution in [0.3, 0.4) is 0 Å². The van der Waals surface area contributed by atoms with Crippen LogP contribution in [0.5, 0.6) is 0 Å². The summed E-state index contributed by atoms with van der Waals surface area (Å²) in [6.07, 6.45) is 1.77. The number of hydrogen-bond donors (Lipinski definition) is 1. The Morgan fingerprint density at radius 2 is 2.24 bits per heavy atom. The van der Waals surface area contributed by atoms with Crippen molar-refractivity contribution < 1.29 is 9.53 Å². The number of esters is 1. The van der Waals surface area contributed by atoms with Crippen molar-refractivity contribution in [3.05, 3.63) is 21.9 Å². The molecule has 1 heterocycles. The molecule has 0 aromatic carbocycles. The van der Waals surface area contributed by atoms with Gasteiger partial charge in [0.05, 0.1) is 7.11 Å². The summed E-state index contributed by atoms with van der Waals surface area (Å²) >= 11 is 3.67. The molecular formula is C12H19NO2S2. The van der Waals surface area contributed by atoms with E-state index in [1.165, 1.54) is 16.9 Å². The van der Waals surface area contributed by atoms with Gasteiger partial charge in [-0.15, -0.1) is 11.3 Å². The van der Waals surface area contributed by atoms with E-state index in [-0.39, 0.29) is 5.97 Å². The first kappa shape index (κ1) is 14.5. The third-order valence-corrected chi connectivity index (χ3v) is 4.84. The van der Waals surface area contributed by atoms with Gasteiger partial charge in [0, 0.05) is 15.5 Å². The van der Waals surface area contributed by atoms with Gasteiger partial charge in [-0.2, -0.15) is 11.8 Å². The summed E-state index contributed by atoms with van der Waals surface area (Å²) in [6, 6.07) is 3.87. The summed E-state index contributed by atoms with van der Waals surface area (Å²) in [4.78, 5) is 13.9. The molecular weight excluding hydrogens is 254 g/mol. The quantitative estimate of drug-likeness (QED) is 0.612. The normalized spacial score (nSPS) is 12.4. The highest BCUT2D eigenvalue weighted by atomic mass is 32.2. The van der Waals surface area contributed by atoms with Crippen molar-refractivity contribution in [1.82, 2.24) is 0 Å². The molecule has 0 saturated heterocycles. The highest BCUT2D eigenvalue weighted by molar-refractivity contribution is 7.98. The van der Waals surface area contributed by atoms with E-state index in [2.05, 4.69) is 23.8 Å². The lowest BCUT2D eigenvalue weighted by atomic mass is 10.2. The fourth-order valence-corrected chi connectivity index (χ4v) is 3.44. The number of methoxy groups -OCH3 is 1. The van der Waals surface area contributed by atoms with Gasteiger partial charge in [-0.1, -0.05) is 6.92 Å². The Kier molecular flexibility index (Phi) is 6.62. The van der Waals surface area contributed by atoms with Crippen LogP contribution >= 0.6 is 23.1 Å². The Balaban J connectivity index is 2.17. The van der Waals surface area contributed by atoms with Crippen LogP contribution in [0.25, 0.3) is 0 Å². The van der Waals surface area contributed by atoms with Gasteiger partial charge in [0.1, 0.15) is 6.04 Å². The molecule has 2 N–H and O–H groups in total. The predicted octanol–water partition coefficient (Wildman–Crippen LogP) is 2.43. The zero-order valence-electron chi connectivity index (χ0n) is 10.3. The molecule has 1 rings (SSSR count). The smallest absolute Gasteiger partial charge is 0.322 e. The summed E-state index contributed by atoms with van der Waals surface area (Å²) in [6.45, 7) is 2.16. The van der Waals surface area contributed by atoms with Gasteiger partial charge in [-0.05, 0) is 30.7 Å². The Labute approximate surface area is 111 Å². The minimum absolute atomic E-state index is 0.324. The van der Waals surface area contributed by atoms with Crippen LogP contribution in [-0.4, -0.2) is 24.9 Å². The first-order chi connectivity index (χ1) is 8.17. The Morgan fingerprint density at radius 3 is 2.82 bits per heavy atom. The molecule has 0 bridgehead atoms. The van der Waals surface area contributed by atoms with Gasteiger partial charge >= 0.3 is 5.97 Å². The number of aryl methyl sites for hydroxylation is 1. The van der Waals surface area contributed by atoms with Crippen LogP contribution in [0.1, 0.15) is 23.1 Å². The van der Waals surface area contributed by atoms with Crippen LogP contribution in [0.15, 0.2) is 12.1 Å². The minimum atomic E-state index is -0.484. The van der Waals surface area contributed by atoms with E-state index in [1.54, 1.807) is 0 Å². The highest BCUT2D eigenvalue weighted by Gasteiger charge is 2.12. The SMILES string of the molecule is CCc1ccc(CSCCC(N)C(=O)OC)s1. The number of thioether (sulfide) groups is 1. The lowest BCUT2D eigenvalue weighted by Crippen LogP contribution is -2.31. The number of thiophene rings is 1. The molecule has 0 radical (unpaired) electrons. The van der Waals surface area contributed by atoms with Crippen LogP contribution in [0.4, 0.5) is 0 Å². The number of carbonyl (C=O) groups excluding carboxylic acids is 1. The Hall–Kier alpha value is -0.520. The Bertz CT molecular complexity index is 352. The van der Waals surface area contributed by atoms with E-state index >= 15 is 0 Å². The molecule has 0 fully saturated rings. The first-order valence-electron chi connectivity index (χ1n) is 5.66. The summed E-state index contributed by atoms with van der Waals surface area (Å²) in [5.74, 6) is 1.56. The third-order valence-electron chi connectivity index (χ3n) is 2.39. The maximum Gasteiger partial charge on any atom is 0.322 e. The standard InChI is InChI=1S/C12H19NO2S2/c1-3-9-4-5-10(17-9)8-16-7-6-11(13)12(14)15-2/h4-5,11H,3,6-8,13H2,1-2H3. The molecule has 17 heavy (non-hydrogen) atoms. The molecule has 0 amide bonds.